The number of aryl methyl sites for hydroxylation is 1. The van der Waals surface area contributed by atoms with E-state index in [1.54, 1.807) is 0 Å². The van der Waals surface area contributed by atoms with E-state index in [0.29, 0.717) is 0 Å². The lowest BCUT2D eigenvalue weighted by Gasteiger charge is -2.05. The fourth-order valence-corrected chi connectivity index (χ4v) is 1.43. The third kappa shape index (κ3) is 5.21. The largest absolute Gasteiger partial charge is 0.313 e. The first-order valence-electron chi connectivity index (χ1n) is 6.23. The second-order valence-electron chi connectivity index (χ2n) is 4.62. The molecule has 0 amide bonds. The highest BCUT2D eigenvalue weighted by atomic mass is 14.9. The predicted octanol–water partition coefficient (Wildman–Crippen LogP) is 2.56. The highest BCUT2D eigenvalue weighted by Crippen LogP contribution is 2.05. The van der Waals surface area contributed by atoms with Gasteiger partial charge in [-0.2, -0.15) is 0 Å². The minimum absolute atomic E-state index is 0.717. The van der Waals surface area contributed by atoms with Crippen LogP contribution in [0, 0.1) is 5.92 Å². The SMILES string of the molecule is CCCNCc1cnc(CCC(C)C)nc1. The molecule has 1 rings (SSSR count). The third-order valence-corrected chi connectivity index (χ3v) is 2.46. The highest BCUT2D eigenvalue weighted by Gasteiger charge is 2.00. The molecule has 0 aliphatic heterocycles. The zero-order chi connectivity index (χ0) is 11.8. The first kappa shape index (κ1) is 13.1. The first-order valence-corrected chi connectivity index (χ1v) is 6.23. The van der Waals surface area contributed by atoms with E-state index in [9.17, 15) is 0 Å². The standard InChI is InChI=1S/C13H23N3/c1-4-7-14-8-12-9-15-13(16-10-12)6-5-11(2)3/h9-11,14H,4-8H2,1-3H3. The number of hydrogen-bond acceptors (Lipinski definition) is 3. The first-order chi connectivity index (χ1) is 7.72. The van der Waals surface area contributed by atoms with E-state index >= 15 is 0 Å². The van der Waals surface area contributed by atoms with Gasteiger partial charge in [0.15, 0.2) is 0 Å². The topological polar surface area (TPSA) is 37.8 Å². The molecule has 1 aromatic rings. The molecule has 90 valence electrons. The second kappa shape index (κ2) is 7.34. The third-order valence-electron chi connectivity index (χ3n) is 2.46. The van der Waals surface area contributed by atoms with Crippen molar-refractivity contribution in [2.45, 2.75) is 46.6 Å². The normalized spacial score (nSPS) is 11.0. The summed E-state index contributed by atoms with van der Waals surface area (Å²) in [4.78, 5) is 8.76. The maximum atomic E-state index is 4.38. The molecule has 0 radical (unpaired) electrons. The van der Waals surface area contributed by atoms with Crippen LogP contribution in [0.15, 0.2) is 12.4 Å². The van der Waals surface area contributed by atoms with Crippen LogP contribution in [0.3, 0.4) is 0 Å². The van der Waals surface area contributed by atoms with Crippen molar-refractivity contribution in [3.8, 4) is 0 Å². The van der Waals surface area contributed by atoms with Crippen LogP contribution in [0.2, 0.25) is 0 Å². The Bertz CT molecular complexity index is 280. The summed E-state index contributed by atoms with van der Waals surface area (Å²) in [6, 6.07) is 0. The molecule has 1 N–H and O–H groups in total. The van der Waals surface area contributed by atoms with Crippen molar-refractivity contribution >= 4 is 0 Å². The van der Waals surface area contributed by atoms with Crippen molar-refractivity contribution in [2.24, 2.45) is 5.92 Å². The van der Waals surface area contributed by atoms with Crippen molar-refractivity contribution in [3.05, 3.63) is 23.8 Å². The summed E-state index contributed by atoms with van der Waals surface area (Å²) < 4.78 is 0. The summed E-state index contributed by atoms with van der Waals surface area (Å²) in [7, 11) is 0. The van der Waals surface area contributed by atoms with Crippen LogP contribution in [0.25, 0.3) is 0 Å². The fourth-order valence-electron chi connectivity index (χ4n) is 1.43. The molecule has 1 heterocycles. The number of nitrogens with zero attached hydrogens (tertiary/aromatic N) is 2. The van der Waals surface area contributed by atoms with E-state index in [1.165, 1.54) is 5.56 Å². The summed E-state index contributed by atoms with van der Waals surface area (Å²) >= 11 is 0. The van der Waals surface area contributed by atoms with Crippen LogP contribution in [-0.4, -0.2) is 16.5 Å². The van der Waals surface area contributed by atoms with Crippen LogP contribution in [0.4, 0.5) is 0 Å². The summed E-state index contributed by atoms with van der Waals surface area (Å²) in [5.74, 6) is 1.68. The van der Waals surface area contributed by atoms with E-state index in [1.807, 2.05) is 12.4 Å². The molecule has 0 saturated carbocycles. The van der Waals surface area contributed by atoms with Gasteiger partial charge in [0.1, 0.15) is 5.82 Å². The van der Waals surface area contributed by atoms with Crippen molar-refractivity contribution in [1.29, 1.82) is 0 Å². The van der Waals surface area contributed by atoms with E-state index < -0.39 is 0 Å². The molecule has 0 saturated heterocycles. The van der Waals surface area contributed by atoms with Gasteiger partial charge in [-0.15, -0.1) is 0 Å². The Labute approximate surface area is 98.7 Å². The fraction of sp³-hybridized carbons (Fsp3) is 0.692. The molecule has 3 heteroatoms. The molecule has 0 aliphatic rings. The Kier molecular flexibility index (Phi) is 6.01. The molecular formula is C13H23N3. The van der Waals surface area contributed by atoms with Gasteiger partial charge in [-0.3, -0.25) is 0 Å². The zero-order valence-electron chi connectivity index (χ0n) is 10.7. The molecule has 3 nitrogen and oxygen atoms in total. The Hall–Kier alpha value is -0.960. The molecule has 0 bridgehead atoms. The summed E-state index contributed by atoms with van der Waals surface area (Å²) in [5.41, 5.74) is 1.17. The molecule has 0 fully saturated rings. The second-order valence-corrected chi connectivity index (χ2v) is 4.62. The van der Waals surface area contributed by atoms with E-state index in [4.69, 9.17) is 0 Å². The van der Waals surface area contributed by atoms with Crippen LogP contribution in [-0.2, 0) is 13.0 Å². The lowest BCUT2D eigenvalue weighted by Crippen LogP contribution is -2.14. The lowest BCUT2D eigenvalue weighted by atomic mass is 10.1. The molecular weight excluding hydrogens is 198 g/mol. The summed E-state index contributed by atoms with van der Waals surface area (Å²) in [6.07, 6.45) is 7.18. The molecule has 16 heavy (non-hydrogen) atoms. The van der Waals surface area contributed by atoms with Crippen molar-refractivity contribution in [1.82, 2.24) is 15.3 Å². The zero-order valence-corrected chi connectivity index (χ0v) is 10.7. The Balaban J connectivity index is 2.35. The molecule has 0 aliphatic carbocycles. The average molecular weight is 221 g/mol. The van der Waals surface area contributed by atoms with Crippen molar-refractivity contribution < 1.29 is 0 Å². The smallest absolute Gasteiger partial charge is 0.128 e. The van der Waals surface area contributed by atoms with Crippen LogP contribution >= 0.6 is 0 Å². The number of rotatable bonds is 7. The van der Waals surface area contributed by atoms with Gasteiger partial charge in [0.25, 0.3) is 0 Å². The van der Waals surface area contributed by atoms with Crippen LogP contribution in [0.5, 0.6) is 0 Å². The average Bonchev–Trinajstić information content (AvgIpc) is 2.28. The molecule has 0 atom stereocenters. The number of hydrogen-bond donors (Lipinski definition) is 1. The van der Waals surface area contributed by atoms with Gasteiger partial charge >= 0.3 is 0 Å². The minimum Gasteiger partial charge on any atom is -0.313 e. The Morgan fingerprint density at radius 1 is 1.25 bits per heavy atom. The van der Waals surface area contributed by atoms with Gasteiger partial charge in [-0.05, 0) is 25.3 Å². The Morgan fingerprint density at radius 2 is 1.94 bits per heavy atom. The molecule has 0 spiro atoms. The molecule has 0 aromatic carbocycles. The van der Waals surface area contributed by atoms with Gasteiger partial charge in [0.2, 0.25) is 0 Å². The predicted molar refractivity (Wildman–Crippen MR) is 67.2 cm³/mol. The molecule has 0 unspecified atom stereocenters. The maximum absolute atomic E-state index is 4.38. The maximum Gasteiger partial charge on any atom is 0.128 e. The molecule has 1 aromatic heterocycles. The van der Waals surface area contributed by atoms with Crippen molar-refractivity contribution in [3.63, 3.8) is 0 Å². The Morgan fingerprint density at radius 3 is 2.50 bits per heavy atom. The van der Waals surface area contributed by atoms with Gasteiger partial charge in [0, 0.05) is 30.9 Å². The van der Waals surface area contributed by atoms with Crippen LogP contribution < -0.4 is 5.32 Å². The van der Waals surface area contributed by atoms with Gasteiger partial charge in [-0.25, -0.2) is 9.97 Å². The number of aromatic nitrogens is 2. The summed E-state index contributed by atoms with van der Waals surface area (Å²) in [5, 5.41) is 3.34. The highest BCUT2D eigenvalue weighted by molar-refractivity contribution is 5.04. The van der Waals surface area contributed by atoms with E-state index in [2.05, 4.69) is 36.1 Å². The van der Waals surface area contributed by atoms with Crippen LogP contribution in [0.1, 0.15) is 45.0 Å². The van der Waals surface area contributed by atoms with Crippen molar-refractivity contribution in [2.75, 3.05) is 6.54 Å². The monoisotopic (exact) mass is 221 g/mol. The van der Waals surface area contributed by atoms with Gasteiger partial charge in [-0.1, -0.05) is 20.8 Å². The van der Waals surface area contributed by atoms with E-state index in [-0.39, 0.29) is 0 Å². The summed E-state index contributed by atoms with van der Waals surface area (Å²) in [6.45, 7) is 8.54. The minimum atomic E-state index is 0.717. The van der Waals surface area contributed by atoms with Gasteiger partial charge in [0.05, 0.1) is 0 Å². The quantitative estimate of drug-likeness (QED) is 0.719. The number of nitrogens with one attached hydrogen (secondary N) is 1. The van der Waals surface area contributed by atoms with E-state index in [0.717, 1.165) is 44.1 Å². The lowest BCUT2D eigenvalue weighted by molar-refractivity contribution is 0.573. The van der Waals surface area contributed by atoms with Gasteiger partial charge < -0.3 is 5.32 Å².